The van der Waals surface area contributed by atoms with Crippen molar-refractivity contribution in [3.8, 4) is 11.6 Å². The van der Waals surface area contributed by atoms with Crippen LogP contribution in [0.15, 0.2) is 41.0 Å². The third-order valence-electron chi connectivity index (χ3n) is 2.49. The Kier molecular flexibility index (Phi) is 4.87. The largest absolute Gasteiger partial charge is 0.439 e. The molecule has 0 aliphatic heterocycles. The molecule has 1 aromatic carbocycles. The van der Waals surface area contributed by atoms with Gasteiger partial charge in [-0.15, -0.1) is 0 Å². The van der Waals surface area contributed by atoms with Crippen LogP contribution in [0.1, 0.15) is 12.5 Å². The predicted octanol–water partition coefficient (Wildman–Crippen LogP) is 3.89. The van der Waals surface area contributed by atoms with Crippen LogP contribution >= 0.6 is 15.9 Å². The smallest absolute Gasteiger partial charge is 0.219 e. The van der Waals surface area contributed by atoms with Gasteiger partial charge >= 0.3 is 0 Å². The fourth-order valence-corrected chi connectivity index (χ4v) is 1.86. The van der Waals surface area contributed by atoms with E-state index in [0.717, 1.165) is 18.7 Å². The van der Waals surface area contributed by atoms with Crippen LogP contribution < -0.4 is 10.1 Å². The minimum Gasteiger partial charge on any atom is -0.439 e. The van der Waals surface area contributed by atoms with Crippen molar-refractivity contribution < 1.29 is 9.13 Å². The maximum absolute atomic E-state index is 13.1. The number of rotatable bonds is 5. The predicted molar refractivity (Wildman–Crippen MR) is 75.8 cm³/mol. The van der Waals surface area contributed by atoms with E-state index >= 15 is 0 Å². The molecule has 0 saturated heterocycles. The van der Waals surface area contributed by atoms with Crippen LogP contribution in [0.2, 0.25) is 0 Å². The molecule has 0 aliphatic rings. The number of hydrogen-bond acceptors (Lipinski definition) is 3. The van der Waals surface area contributed by atoms with Crippen molar-refractivity contribution in [3.05, 3.63) is 52.4 Å². The lowest BCUT2D eigenvalue weighted by Crippen LogP contribution is -2.11. The quantitative estimate of drug-likeness (QED) is 0.906. The van der Waals surface area contributed by atoms with Gasteiger partial charge in [0.25, 0.3) is 0 Å². The fourth-order valence-electron chi connectivity index (χ4n) is 1.51. The molecule has 1 aromatic heterocycles. The summed E-state index contributed by atoms with van der Waals surface area (Å²) in [5, 5.41) is 3.22. The van der Waals surface area contributed by atoms with Crippen molar-refractivity contribution in [3.63, 3.8) is 0 Å². The van der Waals surface area contributed by atoms with Crippen molar-refractivity contribution in [2.24, 2.45) is 0 Å². The van der Waals surface area contributed by atoms with Gasteiger partial charge in [-0.05, 0) is 46.2 Å². The van der Waals surface area contributed by atoms with Crippen molar-refractivity contribution in [2.45, 2.75) is 13.5 Å². The van der Waals surface area contributed by atoms with E-state index in [4.69, 9.17) is 4.74 Å². The van der Waals surface area contributed by atoms with Crippen LogP contribution in [0.3, 0.4) is 0 Å². The first-order valence-corrected chi connectivity index (χ1v) is 6.77. The Bertz CT molecular complexity index is 546. The lowest BCUT2D eigenvalue weighted by atomic mass is 10.3. The molecule has 0 unspecified atom stereocenters. The van der Waals surface area contributed by atoms with Gasteiger partial charge in [-0.3, -0.25) is 0 Å². The van der Waals surface area contributed by atoms with E-state index in [9.17, 15) is 4.39 Å². The van der Waals surface area contributed by atoms with Gasteiger partial charge < -0.3 is 10.1 Å². The van der Waals surface area contributed by atoms with Crippen LogP contribution in [0.5, 0.6) is 11.6 Å². The number of halogens is 2. The average molecular weight is 325 g/mol. The molecule has 0 atom stereocenters. The zero-order chi connectivity index (χ0) is 13.7. The number of pyridine rings is 1. The first-order chi connectivity index (χ1) is 9.19. The molecule has 0 bridgehead atoms. The summed E-state index contributed by atoms with van der Waals surface area (Å²) in [7, 11) is 0. The van der Waals surface area contributed by atoms with Crippen molar-refractivity contribution in [1.29, 1.82) is 0 Å². The molecule has 2 aromatic rings. The summed E-state index contributed by atoms with van der Waals surface area (Å²) in [5.41, 5.74) is 1.09. The van der Waals surface area contributed by atoms with Crippen molar-refractivity contribution in [1.82, 2.24) is 10.3 Å². The Balaban J connectivity index is 2.04. The Morgan fingerprint density at radius 2 is 2.16 bits per heavy atom. The van der Waals surface area contributed by atoms with Gasteiger partial charge in [-0.1, -0.05) is 13.0 Å². The standard InChI is InChI=1S/C14H14BrFN2O/c1-2-17-8-10-3-6-14(18-9-10)19-11-4-5-13(16)12(15)7-11/h3-7,9,17H,2,8H2,1H3. The molecule has 0 amide bonds. The highest BCUT2D eigenvalue weighted by Crippen LogP contribution is 2.25. The Labute approximate surface area is 119 Å². The molecule has 1 heterocycles. The van der Waals surface area contributed by atoms with Crippen LogP contribution in [0.4, 0.5) is 4.39 Å². The highest BCUT2D eigenvalue weighted by molar-refractivity contribution is 9.10. The third kappa shape index (κ3) is 4.01. The van der Waals surface area contributed by atoms with Gasteiger partial charge in [0.1, 0.15) is 11.6 Å². The van der Waals surface area contributed by atoms with Crippen LogP contribution in [0, 0.1) is 5.82 Å². The highest BCUT2D eigenvalue weighted by Gasteiger charge is 2.03. The Morgan fingerprint density at radius 3 is 2.79 bits per heavy atom. The van der Waals surface area contributed by atoms with Crippen molar-refractivity contribution in [2.75, 3.05) is 6.54 Å². The Hall–Kier alpha value is -1.46. The number of aromatic nitrogens is 1. The van der Waals surface area contributed by atoms with E-state index in [1.807, 2.05) is 6.07 Å². The monoisotopic (exact) mass is 324 g/mol. The molecule has 0 aliphatic carbocycles. The van der Waals surface area contributed by atoms with Crippen LogP contribution in [-0.2, 0) is 6.54 Å². The van der Waals surface area contributed by atoms with Gasteiger partial charge in [-0.2, -0.15) is 0 Å². The summed E-state index contributed by atoms with van der Waals surface area (Å²) in [6.07, 6.45) is 1.76. The summed E-state index contributed by atoms with van der Waals surface area (Å²) >= 11 is 3.12. The van der Waals surface area contributed by atoms with Gasteiger partial charge in [0.15, 0.2) is 0 Å². The summed E-state index contributed by atoms with van der Waals surface area (Å²) in [6.45, 7) is 3.75. The van der Waals surface area contributed by atoms with E-state index in [0.29, 0.717) is 16.1 Å². The maximum Gasteiger partial charge on any atom is 0.219 e. The number of benzene rings is 1. The first-order valence-electron chi connectivity index (χ1n) is 5.97. The molecular formula is C14H14BrFN2O. The molecule has 0 fully saturated rings. The molecular weight excluding hydrogens is 311 g/mol. The second kappa shape index (κ2) is 6.63. The molecule has 3 nitrogen and oxygen atoms in total. The van der Waals surface area contributed by atoms with Gasteiger partial charge in [0, 0.05) is 18.8 Å². The zero-order valence-electron chi connectivity index (χ0n) is 10.5. The second-order valence-corrected chi connectivity index (χ2v) is 4.82. The maximum atomic E-state index is 13.1. The second-order valence-electron chi connectivity index (χ2n) is 3.96. The van der Waals surface area contributed by atoms with Crippen molar-refractivity contribution >= 4 is 15.9 Å². The summed E-state index contributed by atoms with van der Waals surface area (Å²) in [6, 6.07) is 8.23. The molecule has 0 spiro atoms. The lowest BCUT2D eigenvalue weighted by Gasteiger charge is -2.06. The number of nitrogens with one attached hydrogen (secondary N) is 1. The first kappa shape index (κ1) is 14.0. The van der Waals surface area contributed by atoms with Gasteiger partial charge in [-0.25, -0.2) is 9.37 Å². The summed E-state index contributed by atoms with van der Waals surface area (Å²) < 4.78 is 19.0. The summed E-state index contributed by atoms with van der Waals surface area (Å²) in [5.74, 6) is 0.709. The van der Waals surface area contributed by atoms with Crippen LogP contribution in [-0.4, -0.2) is 11.5 Å². The topological polar surface area (TPSA) is 34.1 Å². The molecule has 2 rings (SSSR count). The fraction of sp³-hybridized carbons (Fsp3) is 0.214. The van der Waals surface area contributed by atoms with Gasteiger partial charge in [0.2, 0.25) is 5.88 Å². The minimum atomic E-state index is -0.318. The normalized spacial score (nSPS) is 10.5. The SMILES string of the molecule is CCNCc1ccc(Oc2ccc(F)c(Br)c2)nc1. The minimum absolute atomic E-state index is 0.318. The van der Waals surface area contributed by atoms with Gasteiger partial charge in [0.05, 0.1) is 4.47 Å². The van der Waals surface area contributed by atoms with E-state index in [2.05, 4.69) is 33.2 Å². The summed E-state index contributed by atoms with van der Waals surface area (Å²) in [4.78, 5) is 4.21. The third-order valence-corrected chi connectivity index (χ3v) is 3.10. The molecule has 100 valence electrons. The van der Waals surface area contributed by atoms with E-state index in [1.54, 1.807) is 24.4 Å². The zero-order valence-corrected chi connectivity index (χ0v) is 12.1. The molecule has 1 N–H and O–H groups in total. The molecule has 0 saturated carbocycles. The van der Waals surface area contributed by atoms with E-state index in [1.165, 1.54) is 6.07 Å². The van der Waals surface area contributed by atoms with E-state index in [-0.39, 0.29) is 5.82 Å². The lowest BCUT2D eigenvalue weighted by molar-refractivity contribution is 0.460. The van der Waals surface area contributed by atoms with Crippen LogP contribution in [0.25, 0.3) is 0 Å². The number of hydrogen-bond donors (Lipinski definition) is 1. The molecule has 5 heteroatoms. The van der Waals surface area contributed by atoms with E-state index < -0.39 is 0 Å². The highest BCUT2D eigenvalue weighted by atomic mass is 79.9. The molecule has 19 heavy (non-hydrogen) atoms. The number of nitrogens with zero attached hydrogens (tertiary/aromatic N) is 1. The number of ether oxygens (including phenoxy) is 1. The Morgan fingerprint density at radius 1 is 1.32 bits per heavy atom. The average Bonchev–Trinajstić information content (AvgIpc) is 2.42. The molecule has 0 radical (unpaired) electrons.